The molecular formula is C14H23N5O. The van der Waals surface area contributed by atoms with E-state index in [1.165, 1.54) is 0 Å². The molecule has 1 aromatic heterocycles. The van der Waals surface area contributed by atoms with Crippen LogP contribution in [0, 0.1) is 12.8 Å². The zero-order chi connectivity index (χ0) is 14.5. The summed E-state index contributed by atoms with van der Waals surface area (Å²) >= 11 is 0. The number of carbonyl (C=O) groups is 1. The molecule has 110 valence electrons. The Labute approximate surface area is 119 Å². The zero-order valence-electron chi connectivity index (χ0n) is 12.2. The van der Waals surface area contributed by atoms with Crippen molar-refractivity contribution in [1.82, 2.24) is 9.97 Å². The Balaban J connectivity index is 2.08. The lowest BCUT2D eigenvalue weighted by Crippen LogP contribution is -2.39. The Morgan fingerprint density at radius 3 is 2.75 bits per heavy atom. The third-order valence-corrected chi connectivity index (χ3v) is 3.80. The van der Waals surface area contributed by atoms with E-state index in [4.69, 9.17) is 5.73 Å². The Morgan fingerprint density at radius 1 is 1.45 bits per heavy atom. The number of rotatable bonds is 5. The molecule has 1 aromatic rings. The van der Waals surface area contributed by atoms with Crippen LogP contribution in [-0.2, 0) is 4.79 Å². The van der Waals surface area contributed by atoms with Crippen molar-refractivity contribution in [1.29, 1.82) is 0 Å². The summed E-state index contributed by atoms with van der Waals surface area (Å²) in [6.45, 7) is 6.70. The summed E-state index contributed by atoms with van der Waals surface area (Å²) in [5.74, 6) is 1.68. The molecule has 6 nitrogen and oxygen atoms in total. The van der Waals surface area contributed by atoms with Gasteiger partial charge in [-0.05, 0) is 26.2 Å². The minimum Gasteiger partial charge on any atom is -0.370 e. The second-order valence-corrected chi connectivity index (χ2v) is 5.26. The second-order valence-electron chi connectivity index (χ2n) is 5.26. The standard InChI is InChI=1S/C14H23N5O/c1-3-6-16-13-10(2)14(18-9-17-13)19-7-4-11(5-8-19)12(15)20/h9,11H,3-8H2,1-2H3,(H2,15,20)(H,16,17,18). The van der Waals surface area contributed by atoms with E-state index in [9.17, 15) is 4.79 Å². The van der Waals surface area contributed by atoms with Gasteiger partial charge >= 0.3 is 0 Å². The van der Waals surface area contributed by atoms with Crippen LogP contribution < -0.4 is 16.0 Å². The van der Waals surface area contributed by atoms with Gasteiger partial charge in [0.2, 0.25) is 5.91 Å². The van der Waals surface area contributed by atoms with Crippen LogP contribution in [0.4, 0.5) is 11.6 Å². The number of aromatic nitrogens is 2. The number of primary amides is 1. The predicted molar refractivity (Wildman–Crippen MR) is 79.7 cm³/mol. The van der Waals surface area contributed by atoms with E-state index >= 15 is 0 Å². The maximum atomic E-state index is 11.2. The van der Waals surface area contributed by atoms with Crippen LogP contribution in [0.25, 0.3) is 0 Å². The van der Waals surface area contributed by atoms with E-state index in [2.05, 4.69) is 27.1 Å². The minimum atomic E-state index is -0.186. The molecule has 0 aliphatic carbocycles. The van der Waals surface area contributed by atoms with Gasteiger partial charge in [-0.3, -0.25) is 4.79 Å². The molecule has 1 fully saturated rings. The number of carbonyl (C=O) groups excluding carboxylic acids is 1. The fourth-order valence-corrected chi connectivity index (χ4v) is 2.56. The second kappa shape index (κ2) is 6.54. The molecule has 0 atom stereocenters. The molecule has 20 heavy (non-hydrogen) atoms. The van der Waals surface area contributed by atoms with Gasteiger partial charge in [0.05, 0.1) is 0 Å². The topological polar surface area (TPSA) is 84.1 Å². The number of nitrogens with two attached hydrogens (primary N) is 1. The lowest BCUT2D eigenvalue weighted by Gasteiger charge is -2.32. The SMILES string of the molecule is CCCNc1ncnc(N2CCC(C(N)=O)CC2)c1C. The maximum absolute atomic E-state index is 11.2. The van der Waals surface area contributed by atoms with E-state index in [1.807, 2.05) is 6.92 Å². The molecule has 0 unspecified atom stereocenters. The van der Waals surface area contributed by atoms with Crippen molar-refractivity contribution >= 4 is 17.5 Å². The van der Waals surface area contributed by atoms with Gasteiger partial charge in [0.1, 0.15) is 18.0 Å². The van der Waals surface area contributed by atoms with Gasteiger partial charge in [-0.2, -0.15) is 0 Å². The molecule has 0 aromatic carbocycles. The number of hydrogen-bond acceptors (Lipinski definition) is 5. The zero-order valence-corrected chi connectivity index (χ0v) is 12.2. The van der Waals surface area contributed by atoms with Gasteiger partial charge in [-0.1, -0.05) is 6.92 Å². The molecule has 1 amide bonds. The highest BCUT2D eigenvalue weighted by Gasteiger charge is 2.25. The molecule has 0 spiro atoms. The monoisotopic (exact) mass is 277 g/mol. The van der Waals surface area contributed by atoms with Crippen LogP contribution in [0.2, 0.25) is 0 Å². The van der Waals surface area contributed by atoms with Gasteiger partial charge in [0.25, 0.3) is 0 Å². The molecule has 6 heteroatoms. The Bertz CT molecular complexity index is 469. The fraction of sp³-hybridized carbons (Fsp3) is 0.643. The summed E-state index contributed by atoms with van der Waals surface area (Å²) in [5.41, 5.74) is 6.44. The van der Waals surface area contributed by atoms with Crippen molar-refractivity contribution in [3.8, 4) is 0 Å². The highest BCUT2D eigenvalue weighted by atomic mass is 16.1. The summed E-state index contributed by atoms with van der Waals surface area (Å²) in [4.78, 5) is 22.1. The van der Waals surface area contributed by atoms with Gasteiger partial charge < -0.3 is 16.0 Å². The number of piperidine rings is 1. The molecule has 1 aliphatic heterocycles. The highest BCUT2D eigenvalue weighted by Crippen LogP contribution is 2.26. The molecule has 3 N–H and O–H groups in total. The van der Waals surface area contributed by atoms with Crippen LogP contribution in [0.3, 0.4) is 0 Å². The Morgan fingerprint density at radius 2 is 2.15 bits per heavy atom. The average molecular weight is 277 g/mol. The maximum Gasteiger partial charge on any atom is 0.220 e. The first kappa shape index (κ1) is 14.6. The summed E-state index contributed by atoms with van der Waals surface area (Å²) < 4.78 is 0. The highest BCUT2D eigenvalue weighted by molar-refractivity contribution is 5.77. The van der Waals surface area contributed by atoms with Crippen molar-refractivity contribution < 1.29 is 4.79 Å². The van der Waals surface area contributed by atoms with E-state index in [-0.39, 0.29) is 11.8 Å². The first-order chi connectivity index (χ1) is 9.63. The molecule has 1 aliphatic rings. The van der Waals surface area contributed by atoms with Crippen LogP contribution >= 0.6 is 0 Å². The van der Waals surface area contributed by atoms with Crippen molar-refractivity contribution in [2.45, 2.75) is 33.1 Å². The molecule has 0 saturated carbocycles. The van der Waals surface area contributed by atoms with Crippen LogP contribution in [-0.4, -0.2) is 35.5 Å². The first-order valence-electron chi connectivity index (χ1n) is 7.23. The lowest BCUT2D eigenvalue weighted by molar-refractivity contribution is -0.122. The molecule has 2 rings (SSSR count). The minimum absolute atomic E-state index is 0.00563. The largest absolute Gasteiger partial charge is 0.370 e. The van der Waals surface area contributed by atoms with Crippen molar-refractivity contribution in [2.24, 2.45) is 11.7 Å². The van der Waals surface area contributed by atoms with Gasteiger partial charge in [0.15, 0.2) is 0 Å². The summed E-state index contributed by atoms with van der Waals surface area (Å²) in [7, 11) is 0. The normalized spacial score (nSPS) is 16.2. The smallest absolute Gasteiger partial charge is 0.220 e. The molecule has 0 bridgehead atoms. The molecule has 1 saturated heterocycles. The van der Waals surface area contributed by atoms with E-state index in [1.54, 1.807) is 6.33 Å². The summed E-state index contributed by atoms with van der Waals surface area (Å²) in [6.07, 6.45) is 4.26. The number of nitrogens with one attached hydrogen (secondary N) is 1. The number of amides is 1. The molecular weight excluding hydrogens is 254 g/mol. The quantitative estimate of drug-likeness (QED) is 0.847. The Kier molecular flexibility index (Phi) is 4.76. The Hall–Kier alpha value is -1.85. The molecule has 2 heterocycles. The van der Waals surface area contributed by atoms with Crippen LogP contribution in [0.5, 0.6) is 0 Å². The van der Waals surface area contributed by atoms with Crippen molar-refractivity contribution in [3.63, 3.8) is 0 Å². The van der Waals surface area contributed by atoms with E-state index in [0.717, 1.165) is 56.1 Å². The van der Waals surface area contributed by atoms with Crippen molar-refractivity contribution in [3.05, 3.63) is 11.9 Å². The van der Waals surface area contributed by atoms with Crippen LogP contribution in [0.15, 0.2) is 6.33 Å². The fourth-order valence-electron chi connectivity index (χ4n) is 2.56. The van der Waals surface area contributed by atoms with Gasteiger partial charge in [-0.25, -0.2) is 9.97 Å². The van der Waals surface area contributed by atoms with Gasteiger partial charge in [-0.15, -0.1) is 0 Å². The summed E-state index contributed by atoms with van der Waals surface area (Å²) in [6, 6.07) is 0. The van der Waals surface area contributed by atoms with Crippen LogP contribution in [0.1, 0.15) is 31.7 Å². The number of nitrogens with zero attached hydrogens (tertiary/aromatic N) is 3. The lowest BCUT2D eigenvalue weighted by atomic mass is 9.96. The van der Waals surface area contributed by atoms with Gasteiger partial charge in [0, 0.05) is 31.1 Å². The van der Waals surface area contributed by atoms with E-state index in [0.29, 0.717) is 0 Å². The summed E-state index contributed by atoms with van der Waals surface area (Å²) in [5, 5.41) is 3.32. The first-order valence-corrected chi connectivity index (χ1v) is 7.23. The number of hydrogen-bond donors (Lipinski definition) is 2. The van der Waals surface area contributed by atoms with E-state index < -0.39 is 0 Å². The predicted octanol–water partition coefficient (Wildman–Crippen LogP) is 1.31. The van der Waals surface area contributed by atoms with Crippen molar-refractivity contribution in [2.75, 3.05) is 29.9 Å². The number of anilines is 2. The molecule has 0 radical (unpaired) electrons. The average Bonchev–Trinajstić information content (AvgIpc) is 2.46. The third-order valence-electron chi connectivity index (χ3n) is 3.80. The third kappa shape index (κ3) is 3.18.